The van der Waals surface area contributed by atoms with E-state index in [2.05, 4.69) is 42.4 Å². The molecule has 0 spiro atoms. The molecule has 35 heavy (non-hydrogen) atoms. The Bertz CT molecular complexity index is 1290. The van der Waals surface area contributed by atoms with Gasteiger partial charge in [-0.2, -0.15) is 5.10 Å². The summed E-state index contributed by atoms with van der Waals surface area (Å²) in [6, 6.07) is 14.2. The van der Waals surface area contributed by atoms with Crippen LogP contribution in [0.1, 0.15) is 11.5 Å². The molecule has 0 saturated carbocycles. The summed E-state index contributed by atoms with van der Waals surface area (Å²) in [6.45, 7) is -0.0862. The Kier molecular flexibility index (Phi) is 9.01. The zero-order chi connectivity index (χ0) is 25.4. The molecule has 3 rings (SSSR count). The fourth-order valence-electron chi connectivity index (χ4n) is 2.57. The largest absolute Gasteiger partial charge is 0.458 e. The van der Waals surface area contributed by atoms with E-state index < -0.39 is 23.6 Å². The highest BCUT2D eigenvalue weighted by Crippen LogP contribution is 2.22. The number of hydrogen-bond acceptors (Lipinski definition) is 6. The minimum Gasteiger partial charge on any atom is -0.458 e. The smallest absolute Gasteiger partial charge is 0.329 e. The fraction of sp³-hybridized carbons (Fsp3) is 0.0455. The molecule has 0 aliphatic rings. The van der Waals surface area contributed by atoms with Gasteiger partial charge in [-0.3, -0.25) is 19.2 Å². The highest BCUT2D eigenvalue weighted by molar-refractivity contribution is 9.10. The molecule has 0 saturated heterocycles. The summed E-state index contributed by atoms with van der Waals surface area (Å²) < 4.78 is 6.05. The minimum atomic E-state index is -0.983. The lowest BCUT2D eigenvalue weighted by molar-refractivity contribution is -0.136. The van der Waals surface area contributed by atoms with E-state index in [1.165, 1.54) is 36.5 Å². The molecule has 0 fully saturated rings. The van der Waals surface area contributed by atoms with Gasteiger partial charge in [-0.1, -0.05) is 35.3 Å². The van der Waals surface area contributed by atoms with Crippen LogP contribution in [0.2, 0.25) is 10.0 Å². The quantitative estimate of drug-likeness (QED) is 0.200. The average Bonchev–Trinajstić information content (AvgIpc) is 3.25. The lowest BCUT2D eigenvalue weighted by atomic mass is 10.3. The fourth-order valence-corrected chi connectivity index (χ4v) is 3.48. The van der Waals surface area contributed by atoms with E-state index in [0.717, 1.165) is 0 Å². The van der Waals surface area contributed by atoms with Crippen molar-refractivity contribution in [2.45, 2.75) is 6.54 Å². The molecular formula is C22H16BrCl2N5O5. The highest BCUT2D eigenvalue weighted by Gasteiger charge is 2.16. The van der Waals surface area contributed by atoms with Crippen LogP contribution in [-0.2, 0) is 25.7 Å². The van der Waals surface area contributed by atoms with E-state index in [9.17, 15) is 19.2 Å². The molecule has 1 heterocycles. The zero-order valence-electron chi connectivity index (χ0n) is 17.6. The van der Waals surface area contributed by atoms with E-state index in [1.807, 2.05) is 0 Å². The maximum atomic E-state index is 12.0. The van der Waals surface area contributed by atoms with Crippen molar-refractivity contribution in [1.29, 1.82) is 0 Å². The Balaban J connectivity index is 1.45. The normalized spacial score (nSPS) is 10.6. The van der Waals surface area contributed by atoms with Crippen LogP contribution in [0.4, 0.5) is 11.4 Å². The minimum absolute atomic E-state index is 0.0862. The van der Waals surface area contributed by atoms with Gasteiger partial charge in [-0.25, -0.2) is 5.43 Å². The molecule has 1 aromatic heterocycles. The predicted molar refractivity (Wildman–Crippen MR) is 134 cm³/mol. The number of carbonyl (C=O) groups excluding carboxylic acids is 4. The second kappa shape index (κ2) is 12.2. The summed E-state index contributed by atoms with van der Waals surface area (Å²) in [5, 5.41) is 11.5. The maximum absolute atomic E-state index is 12.0. The first-order valence-corrected chi connectivity index (χ1v) is 11.3. The predicted octanol–water partition coefficient (Wildman–Crippen LogP) is 3.69. The SMILES string of the molecule is O=C(NCc1ccc(/C=N/NC(=O)C(=O)Nc2ccccc2Br)o1)C(=O)Nc1cc(Cl)cc(Cl)c1. The summed E-state index contributed by atoms with van der Waals surface area (Å²) in [7, 11) is 0. The van der Waals surface area contributed by atoms with Crippen LogP contribution < -0.4 is 21.4 Å². The molecule has 0 atom stereocenters. The molecular weight excluding hydrogens is 565 g/mol. The van der Waals surface area contributed by atoms with Crippen molar-refractivity contribution in [3.63, 3.8) is 0 Å². The molecule has 4 N–H and O–H groups in total. The summed E-state index contributed by atoms with van der Waals surface area (Å²) in [5.74, 6) is -3.16. The van der Waals surface area contributed by atoms with Gasteiger partial charge in [0.2, 0.25) is 0 Å². The van der Waals surface area contributed by atoms with E-state index >= 15 is 0 Å². The monoisotopic (exact) mass is 579 g/mol. The second-order valence-electron chi connectivity index (χ2n) is 6.73. The lowest BCUT2D eigenvalue weighted by Crippen LogP contribution is -2.34. The van der Waals surface area contributed by atoms with Crippen molar-refractivity contribution in [1.82, 2.24) is 10.7 Å². The van der Waals surface area contributed by atoms with E-state index in [-0.39, 0.29) is 18.0 Å². The van der Waals surface area contributed by atoms with Gasteiger partial charge in [0.25, 0.3) is 0 Å². The number of benzene rings is 2. The Morgan fingerprint density at radius 3 is 2.29 bits per heavy atom. The first-order chi connectivity index (χ1) is 16.7. The van der Waals surface area contributed by atoms with Crippen molar-refractivity contribution in [2.24, 2.45) is 5.10 Å². The first-order valence-electron chi connectivity index (χ1n) is 9.74. The van der Waals surface area contributed by atoms with E-state index in [0.29, 0.717) is 26.0 Å². The Morgan fingerprint density at radius 1 is 0.886 bits per heavy atom. The number of carbonyl (C=O) groups is 4. The average molecular weight is 581 g/mol. The van der Waals surface area contributed by atoms with E-state index in [4.69, 9.17) is 27.6 Å². The maximum Gasteiger partial charge on any atom is 0.329 e. The summed E-state index contributed by atoms with van der Waals surface area (Å²) in [5.41, 5.74) is 2.78. The molecule has 0 aliphatic carbocycles. The number of hydrogen-bond donors (Lipinski definition) is 4. The third-order valence-corrected chi connectivity index (χ3v) is 5.25. The highest BCUT2D eigenvalue weighted by atomic mass is 79.9. The Hall–Kier alpha value is -3.67. The zero-order valence-corrected chi connectivity index (χ0v) is 20.7. The van der Waals surface area contributed by atoms with Crippen LogP contribution in [0.5, 0.6) is 0 Å². The van der Waals surface area contributed by atoms with Gasteiger partial charge >= 0.3 is 23.6 Å². The molecule has 4 amide bonds. The molecule has 0 unspecified atom stereocenters. The van der Waals surface area contributed by atoms with Gasteiger partial charge in [0.15, 0.2) is 0 Å². The molecule has 13 heteroatoms. The molecule has 0 bridgehead atoms. The third kappa shape index (κ3) is 7.95. The van der Waals surface area contributed by atoms with Crippen LogP contribution in [0, 0.1) is 0 Å². The Labute approximate surface area is 217 Å². The van der Waals surface area contributed by atoms with Crippen molar-refractivity contribution < 1.29 is 23.6 Å². The number of furan rings is 1. The number of anilines is 2. The molecule has 180 valence electrons. The number of nitrogens with zero attached hydrogens (tertiary/aromatic N) is 1. The van der Waals surface area contributed by atoms with Gasteiger partial charge in [0.05, 0.1) is 18.4 Å². The van der Waals surface area contributed by atoms with Crippen LogP contribution in [0.25, 0.3) is 0 Å². The van der Waals surface area contributed by atoms with Crippen molar-refractivity contribution in [3.05, 3.63) is 80.6 Å². The standard InChI is InChI=1S/C22H16BrCl2N5O5/c23-17-3-1-2-4-18(17)29-21(33)22(34)30-27-11-16-6-5-15(35-16)10-26-19(31)20(32)28-14-8-12(24)7-13(25)9-14/h1-9,11H,10H2,(H,26,31)(H,28,32)(H,29,33)(H,30,34)/b27-11+. The molecule has 3 aromatic rings. The topological polar surface area (TPSA) is 142 Å². The van der Waals surface area contributed by atoms with Gasteiger partial charge < -0.3 is 20.4 Å². The number of rotatable bonds is 6. The second-order valence-corrected chi connectivity index (χ2v) is 8.46. The molecule has 10 nitrogen and oxygen atoms in total. The number of hydrazone groups is 1. The lowest BCUT2D eigenvalue weighted by Gasteiger charge is -2.06. The number of halogens is 3. The first kappa shape index (κ1) is 25.9. The van der Waals surface area contributed by atoms with Crippen LogP contribution in [-0.4, -0.2) is 29.8 Å². The van der Waals surface area contributed by atoms with Crippen LogP contribution in [0.3, 0.4) is 0 Å². The third-order valence-electron chi connectivity index (χ3n) is 4.12. The van der Waals surface area contributed by atoms with Crippen LogP contribution in [0.15, 0.2) is 68.6 Å². The molecule has 2 aromatic carbocycles. The number of amides is 4. The Morgan fingerprint density at radius 2 is 1.57 bits per heavy atom. The van der Waals surface area contributed by atoms with Gasteiger partial charge in [-0.05, 0) is 58.4 Å². The summed E-state index contributed by atoms with van der Waals surface area (Å²) in [4.78, 5) is 47.9. The summed E-state index contributed by atoms with van der Waals surface area (Å²) in [6.07, 6.45) is 1.17. The molecule has 0 aliphatic heterocycles. The van der Waals surface area contributed by atoms with E-state index in [1.54, 1.807) is 24.3 Å². The van der Waals surface area contributed by atoms with Crippen molar-refractivity contribution in [2.75, 3.05) is 10.6 Å². The molecule has 0 radical (unpaired) electrons. The van der Waals surface area contributed by atoms with Gasteiger partial charge in [0, 0.05) is 20.2 Å². The van der Waals surface area contributed by atoms with Gasteiger partial charge in [-0.15, -0.1) is 0 Å². The number of para-hydroxylation sites is 1. The van der Waals surface area contributed by atoms with Crippen LogP contribution >= 0.6 is 39.1 Å². The van der Waals surface area contributed by atoms with Gasteiger partial charge in [0.1, 0.15) is 11.5 Å². The number of nitrogens with one attached hydrogen (secondary N) is 4. The van der Waals surface area contributed by atoms with Crippen molar-refractivity contribution in [3.8, 4) is 0 Å². The summed E-state index contributed by atoms with van der Waals surface area (Å²) >= 11 is 15.0. The van der Waals surface area contributed by atoms with Crippen molar-refractivity contribution >= 4 is 80.3 Å².